The average Bonchev–Trinajstić information content (AvgIpc) is 2.95. The van der Waals surface area contributed by atoms with Crippen molar-refractivity contribution in [3.8, 4) is 0 Å². The van der Waals surface area contributed by atoms with Crippen LogP contribution in [0.1, 0.15) is 37.1 Å². The van der Waals surface area contributed by atoms with E-state index in [-0.39, 0.29) is 37.2 Å². The fourth-order valence-corrected chi connectivity index (χ4v) is 3.38. The molecule has 25 heavy (non-hydrogen) atoms. The van der Waals surface area contributed by atoms with Crippen LogP contribution in [0.25, 0.3) is 0 Å². The summed E-state index contributed by atoms with van der Waals surface area (Å²) < 4.78 is 44.2. The first-order valence-corrected chi connectivity index (χ1v) is 8.13. The molecule has 1 aromatic rings. The Balaban J connectivity index is 1.86. The number of amides is 1. The summed E-state index contributed by atoms with van der Waals surface area (Å²) in [5.41, 5.74) is -1.09. The van der Waals surface area contributed by atoms with Gasteiger partial charge in [-0.3, -0.25) is 14.6 Å². The molecule has 0 aliphatic carbocycles. The summed E-state index contributed by atoms with van der Waals surface area (Å²) in [6.07, 6.45) is -3.27. The van der Waals surface area contributed by atoms with E-state index < -0.39 is 17.3 Å². The number of pyridine rings is 1. The second-order valence-electron chi connectivity index (χ2n) is 6.85. The van der Waals surface area contributed by atoms with Gasteiger partial charge in [0.1, 0.15) is 6.61 Å². The van der Waals surface area contributed by atoms with E-state index in [0.29, 0.717) is 24.2 Å². The molecule has 3 rings (SSSR count). The molecular formula is C17H19F3N2O3. The number of fused-ring (bicyclic) bond motifs is 1. The molecule has 0 bridgehead atoms. The number of carbonyl (C=O) groups is 2. The van der Waals surface area contributed by atoms with Gasteiger partial charge in [0, 0.05) is 37.8 Å². The summed E-state index contributed by atoms with van der Waals surface area (Å²) in [6.45, 7) is 3.89. The van der Waals surface area contributed by atoms with E-state index >= 15 is 0 Å². The first kappa shape index (κ1) is 17.8. The highest BCUT2D eigenvalue weighted by molar-refractivity contribution is 5.95. The number of hydrogen-bond acceptors (Lipinski definition) is 4. The third kappa shape index (κ3) is 3.15. The van der Waals surface area contributed by atoms with Crippen molar-refractivity contribution in [2.45, 2.75) is 45.0 Å². The second-order valence-corrected chi connectivity index (χ2v) is 6.85. The van der Waals surface area contributed by atoms with Gasteiger partial charge in [-0.1, -0.05) is 13.8 Å². The molecule has 1 amide bonds. The van der Waals surface area contributed by atoms with E-state index in [9.17, 15) is 22.8 Å². The summed E-state index contributed by atoms with van der Waals surface area (Å²) >= 11 is 0. The molecule has 0 aromatic carbocycles. The summed E-state index contributed by atoms with van der Waals surface area (Å²) in [4.78, 5) is 30.1. The minimum atomic E-state index is -4.48. The van der Waals surface area contributed by atoms with Gasteiger partial charge in [0.2, 0.25) is 0 Å². The number of ketones is 1. The van der Waals surface area contributed by atoms with Gasteiger partial charge in [-0.05, 0) is 17.5 Å². The highest BCUT2D eigenvalue weighted by Gasteiger charge is 2.51. The Kier molecular flexibility index (Phi) is 4.35. The van der Waals surface area contributed by atoms with E-state index in [0.717, 1.165) is 12.3 Å². The fourth-order valence-electron chi connectivity index (χ4n) is 3.38. The Morgan fingerprint density at radius 3 is 2.68 bits per heavy atom. The molecule has 0 spiro atoms. The maximum absolute atomic E-state index is 13.0. The molecule has 0 radical (unpaired) electrons. The molecule has 2 aliphatic heterocycles. The second kappa shape index (κ2) is 6.09. The van der Waals surface area contributed by atoms with Crippen LogP contribution in [0.5, 0.6) is 0 Å². The Morgan fingerprint density at radius 1 is 1.40 bits per heavy atom. The van der Waals surface area contributed by atoms with E-state index in [4.69, 9.17) is 4.74 Å². The maximum atomic E-state index is 13.0. The van der Waals surface area contributed by atoms with E-state index in [2.05, 4.69) is 4.98 Å². The highest BCUT2D eigenvalue weighted by Crippen LogP contribution is 2.36. The fraction of sp³-hybridized carbons (Fsp3) is 0.588. The summed E-state index contributed by atoms with van der Waals surface area (Å²) in [7, 11) is 0. The smallest absolute Gasteiger partial charge is 0.357 e. The van der Waals surface area contributed by atoms with Crippen LogP contribution in [0.4, 0.5) is 13.2 Å². The van der Waals surface area contributed by atoms with Gasteiger partial charge >= 0.3 is 6.18 Å². The summed E-state index contributed by atoms with van der Waals surface area (Å²) in [5.74, 6) is -0.690. The van der Waals surface area contributed by atoms with E-state index in [1.807, 2.05) is 0 Å². The molecule has 0 N–H and O–H groups in total. The van der Waals surface area contributed by atoms with Gasteiger partial charge in [-0.2, -0.15) is 13.2 Å². The predicted molar refractivity (Wildman–Crippen MR) is 81.5 cm³/mol. The third-order valence-electron chi connectivity index (χ3n) is 4.90. The minimum Gasteiger partial charge on any atom is -0.357 e. The Morgan fingerprint density at radius 2 is 2.12 bits per heavy atom. The Hall–Kier alpha value is -1.96. The quantitative estimate of drug-likeness (QED) is 0.816. The van der Waals surface area contributed by atoms with Gasteiger partial charge in [0.05, 0.1) is 5.56 Å². The van der Waals surface area contributed by atoms with Crippen LogP contribution in [-0.4, -0.2) is 40.3 Å². The van der Waals surface area contributed by atoms with Gasteiger partial charge in [0.15, 0.2) is 11.4 Å². The monoisotopic (exact) mass is 356 g/mol. The standard InChI is InChI=1S/C17H19F3N2O3/c1-10(2)16(6-13(23)9-25-16)15(24)22-4-3-14-11(8-22)5-12(7-21-14)17(18,19)20/h5,7,10H,3-4,6,8-9H2,1-2H3. The first-order chi connectivity index (χ1) is 11.6. The molecular weight excluding hydrogens is 337 g/mol. The number of rotatable bonds is 2. The number of nitrogens with zero attached hydrogens (tertiary/aromatic N) is 2. The van der Waals surface area contributed by atoms with Crippen LogP contribution in [0.15, 0.2) is 12.3 Å². The number of carbonyl (C=O) groups excluding carboxylic acids is 2. The highest BCUT2D eigenvalue weighted by atomic mass is 19.4. The van der Waals surface area contributed by atoms with Crippen LogP contribution >= 0.6 is 0 Å². The van der Waals surface area contributed by atoms with Crippen molar-refractivity contribution in [1.29, 1.82) is 0 Å². The van der Waals surface area contributed by atoms with Crippen molar-refractivity contribution >= 4 is 11.7 Å². The lowest BCUT2D eigenvalue weighted by molar-refractivity contribution is -0.159. The van der Waals surface area contributed by atoms with Crippen LogP contribution in [0, 0.1) is 5.92 Å². The normalized spacial score (nSPS) is 23.9. The van der Waals surface area contributed by atoms with Crippen molar-refractivity contribution in [3.63, 3.8) is 0 Å². The topological polar surface area (TPSA) is 59.5 Å². The molecule has 1 unspecified atom stereocenters. The molecule has 2 aliphatic rings. The molecule has 1 saturated heterocycles. The van der Waals surface area contributed by atoms with Gasteiger partial charge in [-0.25, -0.2) is 0 Å². The molecule has 5 nitrogen and oxygen atoms in total. The van der Waals surface area contributed by atoms with Crippen LogP contribution in [0.2, 0.25) is 0 Å². The van der Waals surface area contributed by atoms with Crippen molar-refractivity contribution in [1.82, 2.24) is 9.88 Å². The SMILES string of the molecule is CC(C)C1(C(=O)N2CCc3ncc(C(F)(F)F)cc3C2)CC(=O)CO1. The van der Waals surface area contributed by atoms with Gasteiger partial charge in [-0.15, -0.1) is 0 Å². The van der Waals surface area contributed by atoms with Crippen molar-refractivity contribution in [3.05, 3.63) is 29.1 Å². The lowest BCUT2D eigenvalue weighted by Gasteiger charge is -2.38. The van der Waals surface area contributed by atoms with Crippen molar-refractivity contribution < 1.29 is 27.5 Å². The number of aromatic nitrogens is 1. The maximum Gasteiger partial charge on any atom is 0.417 e. The lowest BCUT2D eigenvalue weighted by atomic mass is 9.85. The molecule has 136 valence electrons. The largest absolute Gasteiger partial charge is 0.417 e. The number of hydrogen-bond donors (Lipinski definition) is 0. The number of alkyl halides is 3. The number of ether oxygens (including phenoxy) is 1. The predicted octanol–water partition coefficient (Wildman–Crippen LogP) is 2.37. The summed E-state index contributed by atoms with van der Waals surface area (Å²) in [5, 5.41) is 0. The van der Waals surface area contributed by atoms with E-state index in [1.165, 1.54) is 4.90 Å². The zero-order chi connectivity index (χ0) is 18.4. The Bertz CT molecular complexity index is 718. The molecule has 1 atom stereocenters. The molecule has 1 fully saturated rings. The van der Waals surface area contributed by atoms with Crippen LogP contribution in [0.3, 0.4) is 0 Å². The Labute approximate surface area is 143 Å². The number of halogens is 3. The summed E-state index contributed by atoms with van der Waals surface area (Å²) in [6, 6.07) is 1.05. The first-order valence-electron chi connectivity index (χ1n) is 8.13. The molecule has 3 heterocycles. The molecule has 8 heteroatoms. The zero-order valence-corrected chi connectivity index (χ0v) is 14.0. The average molecular weight is 356 g/mol. The lowest BCUT2D eigenvalue weighted by Crippen LogP contribution is -2.53. The van der Waals surface area contributed by atoms with Gasteiger partial charge < -0.3 is 9.64 Å². The van der Waals surface area contributed by atoms with Crippen molar-refractivity contribution in [2.24, 2.45) is 5.92 Å². The number of Topliss-reactive ketones (excluding diaryl/α,β-unsaturated/α-hetero) is 1. The molecule has 0 saturated carbocycles. The molecule has 1 aromatic heterocycles. The van der Waals surface area contributed by atoms with Crippen LogP contribution < -0.4 is 0 Å². The van der Waals surface area contributed by atoms with Crippen molar-refractivity contribution in [2.75, 3.05) is 13.2 Å². The van der Waals surface area contributed by atoms with Crippen LogP contribution in [-0.2, 0) is 33.5 Å². The zero-order valence-electron chi connectivity index (χ0n) is 14.0. The van der Waals surface area contributed by atoms with E-state index in [1.54, 1.807) is 13.8 Å². The third-order valence-corrected chi connectivity index (χ3v) is 4.90. The van der Waals surface area contributed by atoms with Gasteiger partial charge in [0.25, 0.3) is 5.91 Å². The minimum absolute atomic E-state index is 0.00764.